The molecule has 0 saturated carbocycles. The van der Waals surface area contributed by atoms with E-state index < -0.39 is 10.0 Å². The van der Waals surface area contributed by atoms with Gasteiger partial charge in [-0.1, -0.05) is 6.07 Å². The zero-order valence-corrected chi connectivity index (χ0v) is 16.3. The summed E-state index contributed by atoms with van der Waals surface area (Å²) in [4.78, 5) is 16.9. The molecule has 3 heterocycles. The number of sulfonamides is 1. The second-order valence-electron chi connectivity index (χ2n) is 6.68. The van der Waals surface area contributed by atoms with Gasteiger partial charge in [0, 0.05) is 26.2 Å². The summed E-state index contributed by atoms with van der Waals surface area (Å²) in [5.41, 5.74) is 1.07. The number of rotatable bonds is 6. The molecule has 10 heteroatoms. The zero-order chi connectivity index (χ0) is 19.6. The SMILES string of the molecule is Cc1c(C(=O)N[C@H]2COC[C@H]2CS(=O)(=O)N(C)C)cnn1-c1ccccn1. The molecular formula is C17H23N5O4S. The summed E-state index contributed by atoms with van der Waals surface area (Å²) in [5.74, 6) is -0.0601. The van der Waals surface area contributed by atoms with E-state index in [9.17, 15) is 13.2 Å². The summed E-state index contributed by atoms with van der Waals surface area (Å²) in [6.07, 6.45) is 3.14. The van der Waals surface area contributed by atoms with Crippen molar-refractivity contribution in [2.45, 2.75) is 13.0 Å². The van der Waals surface area contributed by atoms with Gasteiger partial charge < -0.3 is 10.1 Å². The van der Waals surface area contributed by atoms with Crippen molar-refractivity contribution >= 4 is 15.9 Å². The van der Waals surface area contributed by atoms with Gasteiger partial charge in [-0.05, 0) is 19.1 Å². The average Bonchev–Trinajstić information content (AvgIpc) is 3.21. The highest BCUT2D eigenvalue weighted by Gasteiger charge is 2.34. The summed E-state index contributed by atoms with van der Waals surface area (Å²) in [7, 11) is -0.389. The number of hydrogen-bond acceptors (Lipinski definition) is 6. The van der Waals surface area contributed by atoms with Gasteiger partial charge in [0.1, 0.15) is 0 Å². The van der Waals surface area contributed by atoms with Gasteiger partial charge in [-0.15, -0.1) is 0 Å². The van der Waals surface area contributed by atoms with Crippen LogP contribution in [0.15, 0.2) is 30.6 Å². The molecule has 2 atom stereocenters. The number of amides is 1. The van der Waals surface area contributed by atoms with E-state index in [2.05, 4.69) is 15.4 Å². The van der Waals surface area contributed by atoms with Gasteiger partial charge in [0.25, 0.3) is 5.91 Å². The molecule has 2 aromatic rings. The number of aromatic nitrogens is 3. The number of ether oxygens (including phenoxy) is 1. The van der Waals surface area contributed by atoms with Gasteiger partial charge in [-0.3, -0.25) is 4.79 Å². The van der Waals surface area contributed by atoms with Crippen molar-refractivity contribution in [3.8, 4) is 5.82 Å². The van der Waals surface area contributed by atoms with E-state index >= 15 is 0 Å². The Balaban J connectivity index is 1.73. The first-order valence-corrected chi connectivity index (χ1v) is 10.2. The number of nitrogens with one attached hydrogen (secondary N) is 1. The maximum atomic E-state index is 12.7. The molecule has 2 aromatic heterocycles. The normalized spacial score (nSPS) is 20.1. The highest BCUT2D eigenvalue weighted by atomic mass is 32.2. The topological polar surface area (TPSA) is 106 Å². The monoisotopic (exact) mass is 393 g/mol. The Morgan fingerprint density at radius 1 is 1.37 bits per heavy atom. The third kappa shape index (κ3) is 4.18. The second-order valence-corrected chi connectivity index (χ2v) is 8.91. The lowest BCUT2D eigenvalue weighted by Crippen LogP contribution is -2.43. The minimum absolute atomic E-state index is 0.0723. The lowest BCUT2D eigenvalue weighted by Gasteiger charge is -2.21. The summed E-state index contributed by atoms with van der Waals surface area (Å²) in [5, 5.41) is 7.13. The fourth-order valence-corrected chi connectivity index (χ4v) is 4.10. The van der Waals surface area contributed by atoms with Crippen LogP contribution in [0.25, 0.3) is 5.82 Å². The van der Waals surface area contributed by atoms with Gasteiger partial charge in [-0.25, -0.2) is 22.4 Å². The van der Waals surface area contributed by atoms with Crippen LogP contribution in [0, 0.1) is 12.8 Å². The van der Waals surface area contributed by atoms with Crippen molar-refractivity contribution in [2.24, 2.45) is 5.92 Å². The molecule has 1 aliphatic heterocycles. The Bertz CT molecular complexity index is 911. The Labute approximate surface area is 158 Å². The van der Waals surface area contributed by atoms with Crippen molar-refractivity contribution < 1.29 is 17.9 Å². The number of pyridine rings is 1. The number of hydrogen-bond donors (Lipinski definition) is 1. The second kappa shape index (κ2) is 7.75. The van der Waals surface area contributed by atoms with Crippen LogP contribution < -0.4 is 5.32 Å². The minimum atomic E-state index is -3.38. The molecule has 0 unspecified atom stereocenters. The number of nitrogens with zero attached hydrogens (tertiary/aromatic N) is 4. The fraction of sp³-hybridized carbons (Fsp3) is 0.471. The van der Waals surface area contributed by atoms with Crippen LogP contribution in [0.4, 0.5) is 0 Å². The molecule has 1 fully saturated rings. The van der Waals surface area contributed by atoms with E-state index in [-0.39, 0.29) is 30.2 Å². The molecule has 9 nitrogen and oxygen atoms in total. The lowest BCUT2D eigenvalue weighted by molar-refractivity contribution is 0.0925. The third-order valence-electron chi connectivity index (χ3n) is 4.62. The largest absolute Gasteiger partial charge is 0.379 e. The molecule has 0 aromatic carbocycles. The Kier molecular flexibility index (Phi) is 5.59. The molecule has 1 amide bonds. The molecule has 0 spiro atoms. The first-order valence-electron chi connectivity index (χ1n) is 8.54. The molecule has 27 heavy (non-hydrogen) atoms. The van der Waals surface area contributed by atoms with Crippen LogP contribution in [0.2, 0.25) is 0 Å². The van der Waals surface area contributed by atoms with Crippen LogP contribution in [-0.2, 0) is 14.8 Å². The van der Waals surface area contributed by atoms with Gasteiger partial charge >= 0.3 is 0 Å². The minimum Gasteiger partial charge on any atom is -0.379 e. The Morgan fingerprint density at radius 3 is 2.81 bits per heavy atom. The summed E-state index contributed by atoms with van der Waals surface area (Å²) < 4.78 is 32.5. The highest BCUT2D eigenvalue weighted by molar-refractivity contribution is 7.89. The molecule has 1 saturated heterocycles. The summed E-state index contributed by atoms with van der Waals surface area (Å²) >= 11 is 0. The van der Waals surface area contributed by atoms with E-state index in [0.29, 0.717) is 23.7 Å². The summed E-state index contributed by atoms with van der Waals surface area (Å²) in [6.45, 7) is 2.37. The molecule has 1 aliphatic rings. The van der Waals surface area contributed by atoms with Crippen LogP contribution in [0.1, 0.15) is 16.1 Å². The standard InChI is InChI=1S/C17H23N5O4S/c1-12-14(8-19-22(12)16-6-4-5-7-18-16)17(23)20-15-10-26-9-13(15)11-27(24,25)21(2)3/h4-8,13,15H,9-11H2,1-3H3,(H,20,23)/t13-,15-/m0/s1. The van der Waals surface area contributed by atoms with Crippen LogP contribution in [0.5, 0.6) is 0 Å². The third-order valence-corrected chi connectivity index (χ3v) is 6.58. The van der Waals surface area contributed by atoms with E-state index in [1.807, 2.05) is 6.07 Å². The molecule has 146 valence electrons. The first-order chi connectivity index (χ1) is 12.8. The fourth-order valence-electron chi connectivity index (χ4n) is 2.93. The predicted molar refractivity (Wildman–Crippen MR) is 99.1 cm³/mol. The van der Waals surface area contributed by atoms with Crippen LogP contribution in [0.3, 0.4) is 0 Å². The first kappa shape index (κ1) is 19.5. The van der Waals surface area contributed by atoms with Crippen LogP contribution in [-0.4, -0.2) is 72.5 Å². The maximum absolute atomic E-state index is 12.7. The lowest BCUT2D eigenvalue weighted by atomic mass is 10.1. The van der Waals surface area contributed by atoms with E-state index in [4.69, 9.17) is 4.74 Å². The molecule has 0 bridgehead atoms. The van der Waals surface area contributed by atoms with E-state index in [0.717, 1.165) is 0 Å². The average molecular weight is 393 g/mol. The van der Waals surface area contributed by atoms with Crippen LogP contribution >= 0.6 is 0 Å². The van der Waals surface area contributed by atoms with Gasteiger partial charge in [0.2, 0.25) is 10.0 Å². The molecule has 0 radical (unpaired) electrons. The van der Waals surface area contributed by atoms with E-state index in [1.54, 1.807) is 29.9 Å². The predicted octanol–water partition coefficient (Wildman–Crippen LogP) is 0.212. The number of carbonyl (C=O) groups is 1. The van der Waals surface area contributed by atoms with Crippen molar-refractivity contribution in [2.75, 3.05) is 33.1 Å². The van der Waals surface area contributed by atoms with E-state index in [1.165, 1.54) is 24.6 Å². The molecule has 1 N–H and O–H groups in total. The van der Waals surface area contributed by atoms with Gasteiger partial charge in [0.05, 0.1) is 42.5 Å². The number of carbonyl (C=O) groups excluding carboxylic acids is 1. The molecule has 0 aliphatic carbocycles. The zero-order valence-electron chi connectivity index (χ0n) is 15.5. The van der Waals surface area contributed by atoms with Crippen molar-refractivity contribution in [3.63, 3.8) is 0 Å². The molecular weight excluding hydrogens is 370 g/mol. The Hall–Kier alpha value is -2.30. The highest BCUT2D eigenvalue weighted by Crippen LogP contribution is 2.19. The molecule has 3 rings (SSSR count). The van der Waals surface area contributed by atoms with Gasteiger partial charge in [-0.2, -0.15) is 5.10 Å². The van der Waals surface area contributed by atoms with Crippen molar-refractivity contribution in [3.05, 3.63) is 41.9 Å². The smallest absolute Gasteiger partial charge is 0.255 e. The maximum Gasteiger partial charge on any atom is 0.255 e. The summed E-state index contributed by atoms with van der Waals surface area (Å²) in [6, 6.07) is 5.08. The Morgan fingerprint density at radius 2 is 2.15 bits per heavy atom. The van der Waals surface area contributed by atoms with Crippen molar-refractivity contribution in [1.29, 1.82) is 0 Å². The van der Waals surface area contributed by atoms with Crippen molar-refractivity contribution in [1.82, 2.24) is 24.4 Å². The van der Waals surface area contributed by atoms with Gasteiger partial charge in [0.15, 0.2) is 5.82 Å². The quantitative estimate of drug-likeness (QED) is 0.752.